The molecule has 0 aliphatic heterocycles. The molecule has 0 unspecified atom stereocenters. The number of aromatic nitrogens is 2. The molecule has 0 bridgehead atoms. The second-order valence-corrected chi connectivity index (χ2v) is 4.83. The van der Waals surface area contributed by atoms with Gasteiger partial charge in [0.2, 0.25) is 10.0 Å². The molecule has 0 saturated carbocycles. The zero-order valence-electron chi connectivity index (χ0n) is 8.64. The molecule has 0 aromatic carbocycles. The maximum atomic E-state index is 10.7. The van der Waals surface area contributed by atoms with Crippen molar-refractivity contribution in [3.63, 3.8) is 0 Å². The van der Waals surface area contributed by atoms with Gasteiger partial charge < -0.3 is 5.32 Å². The second kappa shape index (κ2) is 5.39. The number of nitrogens with zero attached hydrogens (tertiary/aromatic N) is 3. The van der Waals surface area contributed by atoms with Crippen LogP contribution in [-0.2, 0) is 10.0 Å². The molecule has 0 radical (unpaired) electrons. The van der Waals surface area contributed by atoms with Crippen molar-refractivity contribution in [2.24, 2.45) is 0 Å². The maximum absolute atomic E-state index is 10.7. The number of hydrogen-bond acceptors (Lipinski definition) is 6. The van der Waals surface area contributed by atoms with Crippen LogP contribution in [0.25, 0.3) is 0 Å². The summed E-state index contributed by atoms with van der Waals surface area (Å²) in [6.07, 6.45) is 2.49. The zero-order valence-corrected chi connectivity index (χ0v) is 9.45. The van der Waals surface area contributed by atoms with E-state index in [-0.39, 0.29) is 6.54 Å². The average Bonchev–Trinajstić information content (AvgIpc) is 2.23. The van der Waals surface area contributed by atoms with Gasteiger partial charge in [0.25, 0.3) is 0 Å². The van der Waals surface area contributed by atoms with Crippen LogP contribution in [0.15, 0.2) is 12.3 Å². The van der Waals surface area contributed by atoms with E-state index in [1.165, 1.54) is 12.3 Å². The van der Waals surface area contributed by atoms with Crippen LogP contribution in [0.5, 0.6) is 0 Å². The molecule has 0 spiro atoms. The predicted octanol–water partition coefficient (Wildman–Crippen LogP) is -0.691. The van der Waals surface area contributed by atoms with Crippen molar-refractivity contribution in [1.29, 1.82) is 5.26 Å². The summed E-state index contributed by atoms with van der Waals surface area (Å²) in [7, 11) is -3.19. The number of rotatable bonds is 5. The average molecular weight is 241 g/mol. The molecule has 0 atom stereocenters. The third-order valence-corrected chi connectivity index (χ3v) is 2.35. The van der Waals surface area contributed by atoms with Gasteiger partial charge in [-0.3, -0.25) is 0 Å². The van der Waals surface area contributed by atoms with Gasteiger partial charge in [0.1, 0.15) is 6.07 Å². The van der Waals surface area contributed by atoms with Crippen molar-refractivity contribution in [1.82, 2.24) is 14.9 Å². The second-order valence-electron chi connectivity index (χ2n) is 3.00. The first kappa shape index (κ1) is 12.4. The molecule has 2 N–H and O–H groups in total. The molecular formula is C8H11N5O2S. The Bertz CT molecular complexity index is 493. The minimum atomic E-state index is -3.19. The van der Waals surface area contributed by atoms with E-state index in [4.69, 9.17) is 5.26 Å². The van der Waals surface area contributed by atoms with E-state index in [9.17, 15) is 8.42 Å². The molecule has 86 valence electrons. The van der Waals surface area contributed by atoms with Crippen LogP contribution < -0.4 is 10.0 Å². The summed E-state index contributed by atoms with van der Waals surface area (Å²) >= 11 is 0. The van der Waals surface area contributed by atoms with E-state index in [1.54, 1.807) is 0 Å². The Morgan fingerprint density at radius 3 is 2.88 bits per heavy atom. The first-order valence-corrected chi connectivity index (χ1v) is 6.32. The van der Waals surface area contributed by atoms with E-state index in [0.29, 0.717) is 17.9 Å². The van der Waals surface area contributed by atoms with Crippen molar-refractivity contribution < 1.29 is 8.42 Å². The number of sulfonamides is 1. The van der Waals surface area contributed by atoms with Crippen LogP contribution in [0.2, 0.25) is 0 Å². The summed E-state index contributed by atoms with van der Waals surface area (Å²) in [5, 5.41) is 18.9. The Balaban J connectivity index is 2.47. The van der Waals surface area contributed by atoms with Gasteiger partial charge in [0, 0.05) is 13.1 Å². The fraction of sp³-hybridized carbons (Fsp3) is 0.375. The topological polar surface area (TPSA) is 108 Å². The van der Waals surface area contributed by atoms with Crippen LogP contribution in [-0.4, -0.2) is 38.0 Å². The Kier molecular flexibility index (Phi) is 4.16. The summed E-state index contributed by atoms with van der Waals surface area (Å²) in [5.74, 6) is 0.348. The van der Waals surface area contributed by atoms with E-state index < -0.39 is 10.0 Å². The standard InChI is InChI=1S/C8H11N5O2S/c1-16(14,15)12-5-4-10-8-7(6-9)2-3-11-13-8/h2-3,12H,4-5H2,1H3,(H,10,13). The van der Waals surface area contributed by atoms with E-state index in [2.05, 4.69) is 20.2 Å². The van der Waals surface area contributed by atoms with Gasteiger partial charge in [-0.15, -0.1) is 5.10 Å². The minimum Gasteiger partial charge on any atom is -0.366 e. The largest absolute Gasteiger partial charge is 0.366 e. The smallest absolute Gasteiger partial charge is 0.208 e. The van der Waals surface area contributed by atoms with Crippen LogP contribution in [0.3, 0.4) is 0 Å². The van der Waals surface area contributed by atoms with Crippen molar-refractivity contribution in [3.8, 4) is 6.07 Å². The van der Waals surface area contributed by atoms with Crippen LogP contribution in [0.1, 0.15) is 5.56 Å². The Labute approximate surface area is 93.6 Å². The van der Waals surface area contributed by atoms with Crippen molar-refractivity contribution >= 4 is 15.8 Å². The van der Waals surface area contributed by atoms with Crippen molar-refractivity contribution in [2.45, 2.75) is 0 Å². The molecule has 1 rings (SSSR count). The summed E-state index contributed by atoms with van der Waals surface area (Å²) < 4.78 is 23.8. The zero-order chi connectivity index (χ0) is 12.0. The van der Waals surface area contributed by atoms with Gasteiger partial charge in [-0.25, -0.2) is 13.1 Å². The molecule has 8 heteroatoms. The molecule has 0 fully saturated rings. The molecule has 0 saturated heterocycles. The lowest BCUT2D eigenvalue weighted by molar-refractivity contribution is 0.589. The van der Waals surface area contributed by atoms with E-state index in [1.807, 2.05) is 6.07 Å². The lowest BCUT2D eigenvalue weighted by Gasteiger charge is -2.05. The highest BCUT2D eigenvalue weighted by molar-refractivity contribution is 7.88. The van der Waals surface area contributed by atoms with Gasteiger partial charge >= 0.3 is 0 Å². The molecular weight excluding hydrogens is 230 g/mol. The number of hydrogen-bond donors (Lipinski definition) is 2. The first-order chi connectivity index (χ1) is 7.53. The van der Waals surface area contributed by atoms with Crippen LogP contribution >= 0.6 is 0 Å². The Hall–Kier alpha value is -1.72. The first-order valence-electron chi connectivity index (χ1n) is 4.43. The molecule has 1 heterocycles. The van der Waals surface area contributed by atoms with Crippen molar-refractivity contribution in [2.75, 3.05) is 24.7 Å². The normalized spacial score (nSPS) is 10.8. The minimum absolute atomic E-state index is 0.222. The van der Waals surface area contributed by atoms with Gasteiger partial charge in [-0.1, -0.05) is 0 Å². The summed E-state index contributed by atoms with van der Waals surface area (Å²) in [5.41, 5.74) is 0.370. The fourth-order valence-corrected chi connectivity index (χ4v) is 1.44. The molecule has 1 aromatic heterocycles. The highest BCUT2D eigenvalue weighted by Crippen LogP contribution is 2.06. The summed E-state index contributed by atoms with van der Waals surface area (Å²) in [6, 6.07) is 3.48. The van der Waals surface area contributed by atoms with Gasteiger partial charge in [-0.2, -0.15) is 10.4 Å². The Morgan fingerprint density at radius 2 is 2.25 bits per heavy atom. The molecule has 0 aliphatic carbocycles. The molecule has 1 aromatic rings. The third kappa shape index (κ3) is 4.20. The number of anilines is 1. The van der Waals surface area contributed by atoms with E-state index in [0.717, 1.165) is 6.26 Å². The highest BCUT2D eigenvalue weighted by Gasteiger charge is 2.03. The van der Waals surface area contributed by atoms with Gasteiger partial charge in [0.15, 0.2) is 5.82 Å². The lowest BCUT2D eigenvalue weighted by atomic mass is 10.3. The van der Waals surface area contributed by atoms with Gasteiger partial charge in [0.05, 0.1) is 18.0 Å². The summed E-state index contributed by atoms with van der Waals surface area (Å²) in [6.45, 7) is 0.556. The maximum Gasteiger partial charge on any atom is 0.208 e. The van der Waals surface area contributed by atoms with Crippen LogP contribution in [0.4, 0.5) is 5.82 Å². The molecule has 16 heavy (non-hydrogen) atoms. The highest BCUT2D eigenvalue weighted by atomic mass is 32.2. The molecule has 0 amide bonds. The van der Waals surface area contributed by atoms with E-state index >= 15 is 0 Å². The number of nitrogens with one attached hydrogen (secondary N) is 2. The molecule has 7 nitrogen and oxygen atoms in total. The summed E-state index contributed by atoms with van der Waals surface area (Å²) in [4.78, 5) is 0. The third-order valence-electron chi connectivity index (χ3n) is 1.62. The SMILES string of the molecule is CS(=O)(=O)NCCNc1nnccc1C#N. The monoisotopic (exact) mass is 241 g/mol. The van der Waals surface area contributed by atoms with Gasteiger partial charge in [-0.05, 0) is 6.07 Å². The Morgan fingerprint density at radius 1 is 1.50 bits per heavy atom. The number of nitriles is 1. The predicted molar refractivity (Wildman–Crippen MR) is 58.1 cm³/mol. The quantitative estimate of drug-likeness (QED) is 0.660. The molecule has 0 aliphatic rings. The van der Waals surface area contributed by atoms with Crippen LogP contribution in [0, 0.1) is 11.3 Å². The lowest BCUT2D eigenvalue weighted by Crippen LogP contribution is -2.28. The fourth-order valence-electron chi connectivity index (χ4n) is 0.970. The van der Waals surface area contributed by atoms with Crippen molar-refractivity contribution in [3.05, 3.63) is 17.8 Å².